The van der Waals surface area contributed by atoms with E-state index in [4.69, 9.17) is 4.74 Å². The SMILES string of the molecule is CCOC(=O)C1=C(C)N=c2s/c(=C\c3ccc([N+](=O)[O-])cc3)c(=O)n2[C@H]1c1ccc(C)cc1. The zero-order valence-corrected chi connectivity index (χ0v) is 19.1. The Morgan fingerprint density at radius 1 is 1.18 bits per heavy atom. The largest absolute Gasteiger partial charge is 0.463 e. The van der Waals surface area contributed by atoms with Gasteiger partial charge in [0.05, 0.1) is 33.4 Å². The Morgan fingerprint density at radius 2 is 1.85 bits per heavy atom. The molecule has 0 saturated heterocycles. The number of carbonyl (C=O) groups is 1. The van der Waals surface area contributed by atoms with Gasteiger partial charge >= 0.3 is 5.97 Å². The first-order chi connectivity index (χ1) is 15.8. The van der Waals surface area contributed by atoms with Crippen molar-refractivity contribution in [2.75, 3.05) is 6.61 Å². The lowest BCUT2D eigenvalue weighted by molar-refractivity contribution is -0.384. The molecule has 0 radical (unpaired) electrons. The molecular weight excluding hydrogens is 442 g/mol. The lowest BCUT2D eigenvalue weighted by Crippen LogP contribution is -2.39. The molecule has 1 aliphatic rings. The Balaban J connectivity index is 1.90. The molecule has 168 valence electrons. The van der Waals surface area contributed by atoms with Crippen LogP contribution in [0.5, 0.6) is 0 Å². The van der Waals surface area contributed by atoms with Gasteiger partial charge < -0.3 is 4.74 Å². The number of nitrogens with zero attached hydrogens (tertiary/aromatic N) is 3. The van der Waals surface area contributed by atoms with E-state index in [9.17, 15) is 19.7 Å². The van der Waals surface area contributed by atoms with E-state index in [1.807, 2.05) is 31.2 Å². The lowest BCUT2D eigenvalue weighted by Gasteiger charge is -2.24. The Morgan fingerprint density at radius 3 is 2.45 bits per heavy atom. The number of rotatable bonds is 5. The molecule has 0 amide bonds. The number of hydrogen-bond acceptors (Lipinski definition) is 7. The van der Waals surface area contributed by atoms with E-state index in [-0.39, 0.29) is 17.9 Å². The number of carbonyl (C=O) groups excluding carboxylic acids is 1. The van der Waals surface area contributed by atoms with Crippen LogP contribution in [0.15, 0.2) is 69.6 Å². The minimum absolute atomic E-state index is 0.0253. The zero-order valence-electron chi connectivity index (χ0n) is 18.3. The molecule has 0 aliphatic carbocycles. The van der Waals surface area contributed by atoms with Crippen molar-refractivity contribution < 1.29 is 14.5 Å². The van der Waals surface area contributed by atoms with Crippen LogP contribution in [0, 0.1) is 17.0 Å². The molecule has 0 saturated carbocycles. The highest BCUT2D eigenvalue weighted by molar-refractivity contribution is 7.07. The normalized spacial score (nSPS) is 15.7. The minimum Gasteiger partial charge on any atom is -0.463 e. The maximum atomic E-state index is 13.5. The van der Waals surface area contributed by atoms with Crippen molar-refractivity contribution in [2.24, 2.45) is 4.99 Å². The topological polar surface area (TPSA) is 104 Å². The summed E-state index contributed by atoms with van der Waals surface area (Å²) in [4.78, 5) is 41.8. The van der Waals surface area contributed by atoms with E-state index in [1.54, 1.807) is 32.1 Å². The van der Waals surface area contributed by atoms with Crippen LogP contribution >= 0.6 is 11.3 Å². The fourth-order valence-electron chi connectivity index (χ4n) is 3.70. The molecule has 0 bridgehead atoms. The number of nitro groups is 1. The smallest absolute Gasteiger partial charge is 0.338 e. The predicted octanol–water partition coefficient (Wildman–Crippen LogP) is 3.01. The van der Waals surface area contributed by atoms with Gasteiger partial charge in [-0.15, -0.1) is 0 Å². The summed E-state index contributed by atoms with van der Waals surface area (Å²) < 4.78 is 7.22. The molecule has 2 heterocycles. The first kappa shape index (κ1) is 22.3. The van der Waals surface area contributed by atoms with Crippen molar-refractivity contribution in [2.45, 2.75) is 26.8 Å². The van der Waals surface area contributed by atoms with E-state index < -0.39 is 16.9 Å². The van der Waals surface area contributed by atoms with Crippen LogP contribution in [0.2, 0.25) is 0 Å². The van der Waals surface area contributed by atoms with Gasteiger partial charge in [0.1, 0.15) is 0 Å². The van der Waals surface area contributed by atoms with Crippen LogP contribution in [0.1, 0.15) is 36.6 Å². The Kier molecular flexibility index (Phi) is 6.06. The number of thiazole rings is 1. The van der Waals surface area contributed by atoms with E-state index in [2.05, 4.69) is 4.99 Å². The molecule has 0 spiro atoms. The van der Waals surface area contributed by atoms with Crippen molar-refractivity contribution in [1.29, 1.82) is 0 Å². The number of esters is 1. The molecule has 0 fully saturated rings. The number of non-ortho nitro benzene ring substituents is 1. The molecule has 8 nitrogen and oxygen atoms in total. The van der Waals surface area contributed by atoms with Crippen molar-refractivity contribution in [3.05, 3.63) is 106 Å². The van der Waals surface area contributed by atoms with Gasteiger partial charge in [-0.25, -0.2) is 9.79 Å². The maximum Gasteiger partial charge on any atom is 0.338 e. The van der Waals surface area contributed by atoms with Crippen molar-refractivity contribution in [3.63, 3.8) is 0 Å². The predicted molar refractivity (Wildman–Crippen MR) is 125 cm³/mol. The average molecular weight is 464 g/mol. The quantitative estimate of drug-likeness (QED) is 0.329. The average Bonchev–Trinajstić information content (AvgIpc) is 3.08. The van der Waals surface area contributed by atoms with Crippen molar-refractivity contribution >= 4 is 29.1 Å². The van der Waals surface area contributed by atoms with E-state index in [0.29, 0.717) is 26.2 Å². The summed E-state index contributed by atoms with van der Waals surface area (Å²) in [7, 11) is 0. The summed E-state index contributed by atoms with van der Waals surface area (Å²) in [5, 5.41) is 10.9. The standard InChI is InChI=1S/C24H21N3O5S/c1-4-32-23(29)20-15(3)25-24-26(21(20)17-9-5-14(2)6-10-17)22(28)19(33-24)13-16-7-11-18(12-8-16)27(30)31/h5-13,21H,4H2,1-3H3/b19-13-/t21-/m0/s1. The highest BCUT2D eigenvalue weighted by atomic mass is 32.1. The van der Waals surface area contributed by atoms with Crippen LogP contribution < -0.4 is 14.9 Å². The summed E-state index contributed by atoms with van der Waals surface area (Å²) >= 11 is 1.21. The number of hydrogen-bond donors (Lipinski definition) is 0. The molecular formula is C24H21N3O5S. The highest BCUT2D eigenvalue weighted by Gasteiger charge is 2.33. The fourth-order valence-corrected chi connectivity index (χ4v) is 4.75. The first-order valence-corrected chi connectivity index (χ1v) is 11.1. The Hall–Kier alpha value is -3.85. The maximum absolute atomic E-state index is 13.5. The number of aryl methyl sites for hydroxylation is 1. The number of nitro benzene ring substituents is 1. The Labute approximate surface area is 192 Å². The molecule has 0 N–H and O–H groups in total. The van der Waals surface area contributed by atoms with Crippen molar-refractivity contribution in [3.8, 4) is 0 Å². The zero-order chi connectivity index (χ0) is 23.7. The first-order valence-electron chi connectivity index (χ1n) is 10.3. The molecule has 3 aromatic rings. The second kappa shape index (κ2) is 8.95. The van der Waals surface area contributed by atoms with Gasteiger partial charge in [-0.1, -0.05) is 41.2 Å². The van der Waals surface area contributed by atoms with Gasteiger partial charge in [0.15, 0.2) is 4.80 Å². The molecule has 1 aromatic heterocycles. The molecule has 1 aliphatic heterocycles. The van der Waals surface area contributed by atoms with Crippen LogP contribution in [0.25, 0.3) is 6.08 Å². The van der Waals surface area contributed by atoms with Crippen molar-refractivity contribution in [1.82, 2.24) is 4.57 Å². The highest BCUT2D eigenvalue weighted by Crippen LogP contribution is 2.30. The van der Waals surface area contributed by atoms with Gasteiger partial charge in [-0.2, -0.15) is 0 Å². The molecule has 9 heteroatoms. The minimum atomic E-state index is -0.667. The van der Waals surface area contributed by atoms with Gasteiger partial charge in [0, 0.05) is 12.1 Å². The monoisotopic (exact) mass is 463 g/mol. The molecule has 1 atom stereocenters. The number of allylic oxidation sites excluding steroid dienone is 1. The second-order valence-corrected chi connectivity index (χ2v) is 8.57. The van der Waals surface area contributed by atoms with Gasteiger partial charge in [0.2, 0.25) is 0 Å². The van der Waals surface area contributed by atoms with Crippen LogP contribution in [-0.4, -0.2) is 22.1 Å². The molecule has 0 unspecified atom stereocenters. The summed E-state index contributed by atoms with van der Waals surface area (Å²) in [5.41, 5.74) is 3.00. The summed E-state index contributed by atoms with van der Waals surface area (Å²) in [6.07, 6.45) is 1.67. The van der Waals surface area contributed by atoms with E-state index >= 15 is 0 Å². The van der Waals surface area contributed by atoms with Crippen LogP contribution in [-0.2, 0) is 9.53 Å². The summed E-state index contributed by atoms with van der Waals surface area (Å²) in [5.74, 6) is -0.506. The number of benzene rings is 2. The van der Waals surface area contributed by atoms with Gasteiger partial charge in [-0.05, 0) is 50.1 Å². The summed E-state index contributed by atoms with van der Waals surface area (Å²) in [6, 6.07) is 12.9. The molecule has 2 aromatic carbocycles. The third-order valence-electron chi connectivity index (χ3n) is 5.31. The van der Waals surface area contributed by atoms with E-state index in [0.717, 1.165) is 11.1 Å². The molecule has 33 heavy (non-hydrogen) atoms. The Bertz CT molecular complexity index is 1450. The third kappa shape index (κ3) is 4.27. The number of fused-ring (bicyclic) bond motifs is 1. The lowest BCUT2D eigenvalue weighted by atomic mass is 9.95. The summed E-state index contributed by atoms with van der Waals surface area (Å²) in [6.45, 7) is 5.64. The van der Waals surface area contributed by atoms with Crippen LogP contribution in [0.3, 0.4) is 0 Å². The van der Waals surface area contributed by atoms with Gasteiger partial charge in [0.25, 0.3) is 11.2 Å². The third-order valence-corrected chi connectivity index (χ3v) is 6.29. The second-order valence-electron chi connectivity index (χ2n) is 7.56. The van der Waals surface area contributed by atoms with E-state index in [1.165, 1.54) is 28.0 Å². The van der Waals surface area contributed by atoms with Gasteiger partial charge in [-0.3, -0.25) is 19.5 Å². The number of aromatic nitrogens is 1. The van der Waals surface area contributed by atoms with Crippen LogP contribution in [0.4, 0.5) is 5.69 Å². The fraction of sp³-hybridized carbons (Fsp3) is 0.208. The molecule has 4 rings (SSSR count). The number of ether oxygens (including phenoxy) is 1.